The van der Waals surface area contributed by atoms with Crippen LogP contribution in [0.15, 0.2) is 30.3 Å². The normalized spacial score (nSPS) is 9.88. The number of nitrogens with two attached hydrogens (primary N) is 1. The first kappa shape index (κ1) is 10.8. The van der Waals surface area contributed by atoms with Gasteiger partial charge in [-0.3, -0.25) is 10.1 Å². The number of nitrogens with zero attached hydrogens (tertiary/aromatic N) is 3. The number of aromatic hydroxyl groups is 1. The van der Waals surface area contributed by atoms with Gasteiger partial charge in [0.1, 0.15) is 0 Å². The lowest BCUT2D eigenvalue weighted by molar-refractivity contribution is 0.102. The molecule has 1 aromatic carbocycles. The fraction of sp³-hybridized carbons (Fsp3) is 0. The first-order valence-electron chi connectivity index (χ1n) is 4.72. The molecule has 0 bridgehead atoms. The number of hydrogen-bond donors (Lipinski definition) is 3. The third kappa shape index (κ3) is 2.65. The molecule has 0 aliphatic heterocycles. The van der Waals surface area contributed by atoms with E-state index in [1.807, 2.05) is 0 Å². The van der Waals surface area contributed by atoms with Crippen molar-refractivity contribution >= 4 is 17.8 Å². The number of carbonyl (C=O) groups is 1. The minimum atomic E-state index is -0.541. The van der Waals surface area contributed by atoms with Crippen LogP contribution < -0.4 is 11.1 Å². The third-order valence-electron chi connectivity index (χ3n) is 1.90. The highest BCUT2D eigenvalue weighted by Gasteiger charge is 2.09. The number of aromatic nitrogens is 3. The summed E-state index contributed by atoms with van der Waals surface area (Å²) in [6, 6.07) is 7.99. The molecule has 0 spiro atoms. The van der Waals surface area contributed by atoms with Crippen molar-refractivity contribution in [3.63, 3.8) is 0 Å². The first-order chi connectivity index (χ1) is 8.15. The molecule has 7 nitrogen and oxygen atoms in total. The Morgan fingerprint density at radius 3 is 2.53 bits per heavy atom. The van der Waals surface area contributed by atoms with Crippen molar-refractivity contribution in [1.82, 2.24) is 15.0 Å². The third-order valence-corrected chi connectivity index (χ3v) is 1.90. The molecular formula is C10H9N5O2. The van der Waals surface area contributed by atoms with E-state index in [0.717, 1.165) is 0 Å². The summed E-state index contributed by atoms with van der Waals surface area (Å²) in [6.45, 7) is 0. The van der Waals surface area contributed by atoms with E-state index < -0.39 is 11.9 Å². The number of benzene rings is 1. The first-order valence-corrected chi connectivity index (χ1v) is 4.72. The monoisotopic (exact) mass is 231 g/mol. The van der Waals surface area contributed by atoms with Gasteiger partial charge in [-0.25, -0.2) is 0 Å². The van der Waals surface area contributed by atoms with E-state index >= 15 is 0 Å². The summed E-state index contributed by atoms with van der Waals surface area (Å²) in [5, 5.41) is 11.5. The Kier molecular flexibility index (Phi) is 2.82. The minimum absolute atomic E-state index is 0.0937. The highest BCUT2D eigenvalue weighted by Crippen LogP contribution is 2.08. The average Bonchev–Trinajstić information content (AvgIpc) is 2.28. The highest BCUT2D eigenvalue weighted by molar-refractivity contribution is 6.03. The maximum absolute atomic E-state index is 11.7. The fourth-order valence-corrected chi connectivity index (χ4v) is 1.20. The maximum Gasteiger partial charge on any atom is 0.320 e. The number of nitrogen functional groups attached to an aromatic ring is 1. The van der Waals surface area contributed by atoms with Crippen molar-refractivity contribution in [2.75, 3.05) is 11.1 Å². The molecule has 17 heavy (non-hydrogen) atoms. The number of nitrogens with one attached hydrogen (secondary N) is 1. The van der Waals surface area contributed by atoms with Crippen LogP contribution in [0.2, 0.25) is 0 Å². The molecule has 2 aromatic rings. The number of carbonyl (C=O) groups excluding carboxylic acids is 1. The van der Waals surface area contributed by atoms with Crippen LogP contribution in [-0.4, -0.2) is 26.0 Å². The van der Waals surface area contributed by atoms with Gasteiger partial charge in [0.25, 0.3) is 5.91 Å². The number of hydrogen-bond acceptors (Lipinski definition) is 6. The van der Waals surface area contributed by atoms with Gasteiger partial charge in [-0.05, 0) is 12.1 Å². The quantitative estimate of drug-likeness (QED) is 0.689. The van der Waals surface area contributed by atoms with Crippen LogP contribution in [0.3, 0.4) is 0 Å². The van der Waals surface area contributed by atoms with Gasteiger partial charge in [0.15, 0.2) is 0 Å². The predicted molar refractivity (Wildman–Crippen MR) is 60.3 cm³/mol. The summed E-state index contributed by atoms with van der Waals surface area (Å²) in [5.74, 6) is -0.652. The number of amides is 1. The minimum Gasteiger partial charge on any atom is -0.479 e. The molecule has 0 saturated carbocycles. The zero-order valence-electron chi connectivity index (χ0n) is 8.66. The molecule has 1 heterocycles. The smallest absolute Gasteiger partial charge is 0.320 e. The van der Waals surface area contributed by atoms with Gasteiger partial charge >= 0.3 is 6.01 Å². The van der Waals surface area contributed by atoms with E-state index in [2.05, 4.69) is 20.3 Å². The van der Waals surface area contributed by atoms with Crippen LogP contribution in [0.5, 0.6) is 6.01 Å². The van der Waals surface area contributed by atoms with Crippen molar-refractivity contribution in [2.45, 2.75) is 0 Å². The summed E-state index contributed by atoms with van der Waals surface area (Å²) >= 11 is 0. The van der Waals surface area contributed by atoms with Crippen LogP contribution >= 0.6 is 0 Å². The summed E-state index contributed by atoms with van der Waals surface area (Å²) in [6.07, 6.45) is 0. The van der Waals surface area contributed by atoms with Crippen LogP contribution in [0.25, 0.3) is 0 Å². The molecule has 0 aliphatic rings. The molecule has 0 aliphatic carbocycles. The fourth-order valence-electron chi connectivity index (χ4n) is 1.20. The van der Waals surface area contributed by atoms with E-state index in [1.54, 1.807) is 30.3 Å². The van der Waals surface area contributed by atoms with Crippen LogP contribution in [0, 0.1) is 0 Å². The Bertz CT molecular complexity index is 523. The Labute approximate surface area is 96.4 Å². The van der Waals surface area contributed by atoms with Crippen LogP contribution in [0.1, 0.15) is 10.4 Å². The van der Waals surface area contributed by atoms with Gasteiger partial charge in [-0.1, -0.05) is 18.2 Å². The molecule has 0 saturated heterocycles. The summed E-state index contributed by atoms with van der Waals surface area (Å²) in [5.41, 5.74) is 5.75. The van der Waals surface area contributed by atoms with Crippen molar-refractivity contribution in [2.24, 2.45) is 0 Å². The lowest BCUT2D eigenvalue weighted by Crippen LogP contribution is -2.15. The van der Waals surface area contributed by atoms with E-state index in [4.69, 9.17) is 10.8 Å². The second-order valence-electron chi connectivity index (χ2n) is 3.14. The molecule has 4 N–H and O–H groups in total. The van der Waals surface area contributed by atoms with Gasteiger partial charge < -0.3 is 10.8 Å². The van der Waals surface area contributed by atoms with Gasteiger partial charge in [-0.2, -0.15) is 15.0 Å². The van der Waals surface area contributed by atoms with E-state index in [0.29, 0.717) is 5.56 Å². The molecule has 0 radical (unpaired) electrons. The zero-order valence-corrected chi connectivity index (χ0v) is 8.66. The highest BCUT2D eigenvalue weighted by atomic mass is 16.3. The maximum atomic E-state index is 11.7. The van der Waals surface area contributed by atoms with Gasteiger partial charge in [-0.15, -0.1) is 0 Å². The molecule has 1 amide bonds. The van der Waals surface area contributed by atoms with Gasteiger partial charge in [0, 0.05) is 5.56 Å². The molecule has 2 rings (SSSR count). The van der Waals surface area contributed by atoms with E-state index in [1.165, 1.54) is 0 Å². The Balaban J connectivity index is 2.19. The topological polar surface area (TPSA) is 114 Å². The van der Waals surface area contributed by atoms with Crippen LogP contribution in [0.4, 0.5) is 11.9 Å². The number of rotatable bonds is 2. The summed E-state index contributed by atoms with van der Waals surface area (Å²) in [4.78, 5) is 22.3. The standard InChI is InChI=1S/C10H9N5O2/c11-8-13-9(15-10(17)14-8)12-7(16)6-4-2-1-3-5-6/h1-5H,(H4,11,12,13,14,15,16,17). The summed E-state index contributed by atoms with van der Waals surface area (Å²) in [7, 11) is 0. The van der Waals surface area contributed by atoms with Crippen molar-refractivity contribution < 1.29 is 9.90 Å². The molecule has 86 valence electrons. The van der Waals surface area contributed by atoms with Gasteiger partial charge in [0.2, 0.25) is 11.9 Å². The van der Waals surface area contributed by atoms with E-state index in [-0.39, 0.29) is 11.9 Å². The molecule has 0 atom stereocenters. The van der Waals surface area contributed by atoms with Crippen LogP contribution in [-0.2, 0) is 0 Å². The van der Waals surface area contributed by atoms with Crippen molar-refractivity contribution in [3.8, 4) is 6.01 Å². The predicted octanol–water partition coefficient (Wildman–Crippen LogP) is 0.412. The Morgan fingerprint density at radius 2 is 1.88 bits per heavy atom. The lowest BCUT2D eigenvalue weighted by Gasteiger charge is -2.03. The van der Waals surface area contributed by atoms with E-state index in [9.17, 15) is 4.79 Å². The van der Waals surface area contributed by atoms with Gasteiger partial charge in [0.05, 0.1) is 0 Å². The SMILES string of the molecule is Nc1nc(O)nc(NC(=O)c2ccccc2)n1. The Morgan fingerprint density at radius 1 is 1.18 bits per heavy atom. The molecule has 1 aromatic heterocycles. The molecule has 0 fully saturated rings. The summed E-state index contributed by atoms with van der Waals surface area (Å²) < 4.78 is 0. The van der Waals surface area contributed by atoms with Crippen molar-refractivity contribution in [3.05, 3.63) is 35.9 Å². The van der Waals surface area contributed by atoms with Crippen molar-refractivity contribution in [1.29, 1.82) is 0 Å². The zero-order chi connectivity index (χ0) is 12.3. The molecular weight excluding hydrogens is 222 g/mol. The largest absolute Gasteiger partial charge is 0.479 e. The average molecular weight is 231 g/mol. The lowest BCUT2D eigenvalue weighted by atomic mass is 10.2. The Hall–Kier alpha value is -2.70. The molecule has 7 heteroatoms. The second kappa shape index (κ2) is 4.44. The number of anilines is 2. The second-order valence-corrected chi connectivity index (χ2v) is 3.14. The molecule has 0 unspecified atom stereocenters.